The minimum absolute atomic E-state index is 0.0563. The number of ether oxygens (including phenoxy) is 1. The van der Waals surface area contributed by atoms with Gasteiger partial charge in [0.1, 0.15) is 5.82 Å². The van der Waals surface area contributed by atoms with Gasteiger partial charge in [-0.05, 0) is 18.6 Å². The molecule has 0 saturated carbocycles. The number of halogens is 2. The number of rotatable bonds is 5. The van der Waals surface area contributed by atoms with Crippen molar-refractivity contribution < 1.29 is 18.3 Å². The number of carbonyl (C=O) groups excluding carboxylic acids is 1. The predicted octanol–water partition coefficient (Wildman–Crippen LogP) is 3.33. The summed E-state index contributed by atoms with van der Waals surface area (Å²) in [6.07, 6.45) is 0. The molecule has 0 aliphatic heterocycles. The van der Waals surface area contributed by atoms with Crippen LogP contribution in [-0.4, -0.2) is 22.8 Å². The molecule has 2 aromatic rings. The van der Waals surface area contributed by atoms with Crippen molar-refractivity contribution in [3.63, 3.8) is 0 Å². The van der Waals surface area contributed by atoms with Crippen LogP contribution >= 0.6 is 23.4 Å². The lowest BCUT2D eigenvalue weighted by Gasteiger charge is -2.01. The average Bonchev–Trinajstić information content (AvgIpc) is 2.90. The van der Waals surface area contributed by atoms with E-state index in [2.05, 4.69) is 10.2 Å². The molecule has 0 spiro atoms. The predicted molar refractivity (Wildman–Crippen MR) is 71.2 cm³/mol. The van der Waals surface area contributed by atoms with Crippen molar-refractivity contribution in [1.82, 2.24) is 10.2 Å². The van der Waals surface area contributed by atoms with Gasteiger partial charge >= 0.3 is 11.9 Å². The largest absolute Gasteiger partial charge is 0.459 e. The Hall–Kier alpha value is -1.60. The molecule has 0 unspecified atom stereocenters. The molecular formula is C12H10ClFN2O3S. The third-order valence-electron chi connectivity index (χ3n) is 2.24. The summed E-state index contributed by atoms with van der Waals surface area (Å²) in [5.41, 5.74) is 0.415. The number of carbonyl (C=O) groups is 1. The first-order valence-electron chi connectivity index (χ1n) is 5.68. The summed E-state index contributed by atoms with van der Waals surface area (Å²) in [7, 11) is 0. The second-order valence-corrected chi connectivity index (χ2v) is 4.93. The van der Waals surface area contributed by atoms with Crippen molar-refractivity contribution in [3.8, 4) is 0 Å². The Morgan fingerprint density at radius 2 is 2.30 bits per heavy atom. The molecule has 0 bridgehead atoms. The van der Waals surface area contributed by atoms with Gasteiger partial charge in [0.15, 0.2) is 0 Å². The lowest BCUT2D eigenvalue weighted by Crippen LogP contribution is -2.04. The standard InChI is InChI=1S/C12H10ClFN2O3S/c1-2-18-11(17)10-15-16-12(19-10)20-6-7-4-3-5-8(13)9(7)14/h3-5H,2,6H2,1H3. The number of hydrogen-bond donors (Lipinski definition) is 0. The Labute approximate surface area is 123 Å². The van der Waals surface area contributed by atoms with Crippen LogP contribution in [0.15, 0.2) is 27.8 Å². The molecule has 0 radical (unpaired) electrons. The minimum atomic E-state index is -0.680. The highest BCUT2D eigenvalue weighted by Crippen LogP contribution is 2.26. The molecule has 0 amide bonds. The molecular weight excluding hydrogens is 307 g/mol. The van der Waals surface area contributed by atoms with E-state index in [1.54, 1.807) is 19.1 Å². The number of nitrogens with zero attached hydrogens (tertiary/aromatic N) is 2. The van der Waals surface area contributed by atoms with Crippen LogP contribution in [0.2, 0.25) is 5.02 Å². The van der Waals surface area contributed by atoms with Crippen LogP contribution in [0.5, 0.6) is 0 Å². The summed E-state index contributed by atoms with van der Waals surface area (Å²) in [5.74, 6) is -1.12. The molecule has 1 heterocycles. The molecule has 0 aliphatic carbocycles. The van der Waals surface area contributed by atoms with E-state index in [9.17, 15) is 9.18 Å². The van der Waals surface area contributed by atoms with E-state index in [0.29, 0.717) is 5.56 Å². The van der Waals surface area contributed by atoms with Crippen molar-refractivity contribution in [2.45, 2.75) is 17.9 Å². The zero-order valence-electron chi connectivity index (χ0n) is 10.4. The number of aromatic nitrogens is 2. The van der Waals surface area contributed by atoms with Gasteiger partial charge in [-0.1, -0.05) is 40.6 Å². The Kier molecular flexibility index (Phi) is 4.97. The van der Waals surface area contributed by atoms with Crippen LogP contribution in [0.1, 0.15) is 23.2 Å². The number of thioether (sulfide) groups is 1. The van der Waals surface area contributed by atoms with Crippen molar-refractivity contribution >= 4 is 29.3 Å². The lowest BCUT2D eigenvalue weighted by molar-refractivity contribution is 0.0475. The Balaban J connectivity index is 2.01. The zero-order valence-corrected chi connectivity index (χ0v) is 12.0. The molecule has 0 aliphatic rings. The first-order chi connectivity index (χ1) is 9.61. The summed E-state index contributed by atoms with van der Waals surface area (Å²) in [5, 5.41) is 7.45. The maximum Gasteiger partial charge on any atom is 0.396 e. The molecule has 8 heteroatoms. The van der Waals surface area contributed by atoms with Gasteiger partial charge in [-0.15, -0.1) is 5.10 Å². The van der Waals surface area contributed by atoms with Crippen LogP contribution in [0.4, 0.5) is 4.39 Å². The fourth-order valence-corrected chi connectivity index (χ4v) is 2.28. The van der Waals surface area contributed by atoms with Crippen molar-refractivity contribution in [2.75, 3.05) is 6.61 Å². The van der Waals surface area contributed by atoms with E-state index in [0.717, 1.165) is 11.8 Å². The molecule has 1 aromatic carbocycles. The van der Waals surface area contributed by atoms with Crippen molar-refractivity contribution in [1.29, 1.82) is 0 Å². The fraction of sp³-hybridized carbons (Fsp3) is 0.250. The number of esters is 1. The number of hydrogen-bond acceptors (Lipinski definition) is 6. The molecule has 2 rings (SSSR count). The van der Waals surface area contributed by atoms with Gasteiger partial charge in [0.2, 0.25) is 0 Å². The van der Waals surface area contributed by atoms with E-state index >= 15 is 0 Å². The van der Waals surface area contributed by atoms with Crippen LogP contribution < -0.4 is 0 Å². The summed E-state index contributed by atoms with van der Waals surface area (Å²) < 4.78 is 23.5. The van der Waals surface area contributed by atoms with Gasteiger partial charge < -0.3 is 9.15 Å². The van der Waals surface area contributed by atoms with Crippen LogP contribution in [0.3, 0.4) is 0 Å². The van der Waals surface area contributed by atoms with Gasteiger partial charge in [0.25, 0.3) is 5.22 Å². The first-order valence-corrected chi connectivity index (χ1v) is 7.04. The van der Waals surface area contributed by atoms with E-state index in [-0.39, 0.29) is 28.5 Å². The van der Waals surface area contributed by atoms with Gasteiger partial charge in [0, 0.05) is 5.75 Å². The lowest BCUT2D eigenvalue weighted by atomic mass is 10.2. The van der Waals surface area contributed by atoms with Gasteiger partial charge in [-0.3, -0.25) is 0 Å². The summed E-state index contributed by atoms with van der Waals surface area (Å²) in [6.45, 7) is 1.89. The van der Waals surface area contributed by atoms with Crippen LogP contribution in [0, 0.1) is 5.82 Å². The average molecular weight is 317 g/mol. The summed E-state index contributed by atoms with van der Waals surface area (Å²) in [6, 6.07) is 4.73. The highest BCUT2D eigenvalue weighted by molar-refractivity contribution is 7.98. The minimum Gasteiger partial charge on any atom is -0.459 e. The molecule has 0 N–H and O–H groups in total. The first kappa shape index (κ1) is 14.8. The zero-order chi connectivity index (χ0) is 14.5. The number of benzene rings is 1. The maximum absolute atomic E-state index is 13.7. The quantitative estimate of drug-likeness (QED) is 0.622. The Bertz CT molecular complexity index is 620. The third-order valence-corrected chi connectivity index (χ3v) is 3.40. The topological polar surface area (TPSA) is 65.2 Å². The maximum atomic E-state index is 13.7. The van der Waals surface area contributed by atoms with Crippen molar-refractivity contribution in [3.05, 3.63) is 40.5 Å². The van der Waals surface area contributed by atoms with E-state index in [4.69, 9.17) is 20.8 Å². The Morgan fingerprint density at radius 1 is 1.50 bits per heavy atom. The molecule has 0 saturated heterocycles. The molecule has 20 heavy (non-hydrogen) atoms. The molecule has 5 nitrogen and oxygen atoms in total. The van der Waals surface area contributed by atoms with Crippen LogP contribution in [-0.2, 0) is 10.5 Å². The monoisotopic (exact) mass is 316 g/mol. The summed E-state index contributed by atoms with van der Waals surface area (Å²) >= 11 is 6.79. The SMILES string of the molecule is CCOC(=O)c1nnc(SCc2cccc(Cl)c2F)o1. The smallest absolute Gasteiger partial charge is 0.396 e. The molecule has 1 aromatic heterocycles. The van der Waals surface area contributed by atoms with Crippen molar-refractivity contribution in [2.24, 2.45) is 0 Å². The van der Waals surface area contributed by atoms with Gasteiger partial charge in [-0.25, -0.2) is 9.18 Å². The van der Waals surface area contributed by atoms with Crippen LogP contribution in [0.25, 0.3) is 0 Å². The fourth-order valence-electron chi connectivity index (χ4n) is 1.34. The Morgan fingerprint density at radius 3 is 3.05 bits per heavy atom. The molecule has 0 fully saturated rings. The normalized spacial score (nSPS) is 10.6. The van der Waals surface area contributed by atoms with Gasteiger partial charge in [-0.2, -0.15) is 0 Å². The molecule has 0 atom stereocenters. The van der Waals surface area contributed by atoms with E-state index in [1.807, 2.05) is 0 Å². The van der Waals surface area contributed by atoms with E-state index in [1.165, 1.54) is 6.07 Å². The summed E-state index contributed by atoms with van der Waals surface area (Å²) in [4.78, 5) is 11.3. The second kappa shape index (κ2) is 6.71. The second-order valence-electron chi connectivity index (χ2n) is 3.60. The highest BCUT2D eigenvalue weighted by atomic mass is 35.5. The van der Waals surface area contributed by atoms with E-state index < -0.39 is 11.8 Å². The molecule has 106 valence electrons. The third kappa shape index (κ3) is 3.49. The van der Waals surface area contributed by atoms with Gasteiger partial charge in [0.05, 0.1) is 11.6 Å². The highest BCUT2D eigenvalue weighted by Gasteiger charge is 2.16.